The van der Waals surface area contributed by atoms with Crippen molar-refractivity contribution in [2.45, 2.75) is 13.3 Å². The van der Waals surface area contributed by atoms with E-state index in [0.29, 0.717) is 6.42 Å². The molecular formula is C12H13NO2. The highest BCUT2D eigenvalue weighted by Gasteiger charge is 2.02. The van der Waals surface area contributed by atoms with Crippen molar-refractivity contribution >= 4 is 10.9 Å². The molecule has 0 saturated carbocycles. The first kappa shape index (κ1) is 9.93. The Labute approximate surface area is 87.4 Å². The number of fused-ring (bicyclic) bond motifs is 1. The number of aryl methyl sites for hydroxylation is 1. The molecule has 0 saturated heterocycles. The molecule has 3 heteroatoms. The third-order valence-corrected chi connectivity index (χ3v) is 2.47. The molecule has 0 unspecified atom stereocenters. The first-order chi connectivity index (χ1) is 7.20. The Morgan fingerprint density at radius 2 is 2.13 bits per heavy atom. The van der Waals surface area contributed by atoms with Gasteiger partial charge in [0, 0.05) is 23.6 Å². The molecule has 0 aliphatic heterocycles. The molecule has 0 spiro atoms. The van der Waals surface area contributed by atoms with E-state index in [0.717, 1.165) is 22.0 Å². The van der Waals surface area contributed by atoms with Crippen LogP contribution in [0.4, 0.5) is 0 Å². The molecule has 3 nitrogen and oxygen atoms in total. The smallest absolute Gasteiger partial charge is 0.248 e. The number of hydrogen-bond acceptors (Lipinski definition) is 2. The number of H-pyrrole nitrogens is 1. The topological polar surface area (TPSA) is 53.1 Å². The van der Waals surface area contributed by atoms with Crippen molar-refractivity contribution in [2.24, 2.45) is 0 Å². The number of aromatic nitrogens is 1. The van der Waals surface area contributed by atoms with Gasteiger partial charge in [0.15, 0.2) is 0 Å². The maximum Gasteiger partial charge on any atom is 0.248 e. The molecule has 0 aliphatic carbocycles. The van der Waals surface area contributed by atoms with Gasteiger partial charge in [0.2, 0.25) is 5.56 Å². The Bertz CT molecular complexity index is 543. The third-order valence-electron chi connectivity index (χ3n) is 2.47. The number of hydrogen-bond donors (Lipinski definition) is 2. The van der Waals surface area contributed by atoms with Crippen LogP contribution < -0.4 is 5.56 Å². The summed E-state index contributed by atoms with van der Waals surface area (Å²) in [4.78, 5) is 14.1. The number of aliphatic hydroxyl groups is 1. The fourth-order valence-electron chi connectivity index (χ4n) is 1.76. The lowest BCUT2D eigenvalue weighted by atomic mass is 10.0. The van der Waals surface area contributed by atoms with Crippen LogP contribution in [0, 0.1) is 6.92 Å². The van der Waals surface area contributed by atoms with Gasteiger partial charge >= 0.3 is 0 Å². The van der Waals surface area contributed by atoms with Gasteiger partial charge in [-0.05, 0) is 31.0 Å². The maximum absolute atomic E-state index is 11.3. The summed E-state index contributed by atoms with van der Waals surface area (Å²) >= 11 is 0. The molecule has 0 radical (unpaired) electrons. The highest BCUT2D eigenvalue weighted by molar-refractivity contribution is 5.82. The standard InChI is InChI=1S/C12H13NO2/c1-8-2-3-11-10(6-8)9(4-5-14)7-12(15)13-11/h2-3,6-7,14H,4-5H2,1H3,(H,13,15). The van der Waals surface area contributed by atoms with Crippen LogP contribution in [0.3, 0.4) is 0 Å². The third kappa shape index (κ3) is 1.92. The van der Waals surface area contributed by atoms with Crippen LogP contribution in [-0.2, 0) is 6.42 Å². The number of pyridine rings is 1. The predicted octanol–water partition coefficient (Wildman–Crippen LogP) is 1.37. The Balaban J connectivity index is 2.75. The van der Waals surface area contributed by atoms with Gasteiger partial charge in [0.25, 0.3) is 0 Å². The van der Waals surface area contributed by atoms with Crippen molar-refractivity contribution < 1.29 is 5.11 Å². The minimum atomic E-state index is -0.116. The molecule has 1 aromatic carbocycles. The summed E-state index contributed by atoms with van der Waals surface area (Å²) in [5, 5.41) is 9.94. The van der Waals surface area contributed by atoms with Gasteiger partial charge in [-0.2, -0.15) is 0 Å². The summed E-state index contributed by atoms with van der Waals surface area (Å²) in [5.74, 6) is 0. The van der Waals surface area contributed by atoms with Crippen LogP contribution in [0.2, 0.25) is 0 Å². The largest absolute Gasteiger partial charge is 0.396 e. The number of aromatic amines is 1. The van der Waals surface area contributed by atoms with E-state index in [2.05, 4.69) is 4.98 Å². The second-order valence-electron chi connectivity index (χ2n) is 3.68. The average Bonchev–Trinajstić information content (AvgIpc) is 2.19. The summed E-state index contributed by atoms with van der Waals surface area (Å²) in [6, 6.07) is 7.43. The Morgan fingerprint density at radius 1 is 1.33 bits per heavy atom. The lowest BCUT2D eigenvalue weighted by molar-refractivity contribution is 0.300. The maximum atomic E-state index is 11.3. The van der Waals surface area contributed by atoms with Gasteiger partial charge in [-0.25, -0.2) is 0 Å². The average molecular weight is 203 g/mol. The summed E-state index contributed by atoms with van der Waals surface area (Å²) in [6.45, 7) is 2.07. The molecule has 0 atom stereocenters. The molecule has 78 valence electrons. The minimum Gasteiger partial charge on any atom is -0.396 e. The van der Waals surface area contributed by atoms with Gasteiger partial charge in [-0.1, -0.05) is 11.6 Å². The van der Waals surface area contributed by atoms with E-state index < -0.39 is 0 Å². The lowest BCUT2D eigenvalue weighted by Gasteiger charge is -2.05. The van der Waals surface area contributed by atoms with Crippen LogP contribution in [0.25, 0.3) is 10.9 Å². The Hall–Kier alpha value is -1.61. The van der Waals surface area contributed by atoms with E-state index in [1.54, 1.807) is 6.07 Å². The monoisotopic (exact) mass is 203 g/mol. The fourth-order valence-corrected chi connectivity index (χ4v) is 1.76. The number of benzene rings is 1. The van der Waals surface area contributed by atoms with Gasteiger partial charge in [-0.15, -0.1) is 0 Å². The molecule has 1 aromatic heterocycles. The zero-order valence-electron chi connectivity index (χ0n) is 8.58. The highest BCUT2D eigenvalue weighted by Crippen LogP contribution is 2.16. The molecule has 15 heavy (non-hydrogen) atoms. The number of aliphatic hydroxyl groups excluding tert-OH is 1. The summed E-state index contributed by atoms with van der Waals surface area (Å²) < 4.78 is 0. The molecular weight excluding hydrogens is 190 g/mol. The number of nitrogens with one attached hydrogen (secondary N) is 1. The van der Waals surface area contributed by atoms with Crippen molar-refractivity contribution in [1.82, 2.24) is 4.98 Å². The fraction of sp³-hybridized carbons (Fsp3) is 0.250. The highest BCUT2D eigenvalue weighted by atomic mass is 16.3. The van der Waals surface area contributed by atoms with Gasteiger partial charge in [0.05, 0.1) is 0 Å². The van der Waals surface area contributed by atoms with Crippen molar-refractivity contribution in [3.63, 3.8) is 0 Å². The molecule has 1 heterocycles. The first-order valence-corrected chi connectivity index (χ1v) is 4.94. The lowest BCUT2D eigenvalue weighted by Crippen LogP contribution is -2.07. The summed E-state index contributed by atoms with van der Waals surface area (Å²) in [5.41, 5.74) is 2.76. The zero-order valence-corrected chi connectivity index (χ0v) is 8.58. The van der Waals surface area contributed by atoms with Crippen LogP contribution in [0.5, 0.6) is 0 Å². The molecule has 0 bridgehead atoms. The van der Waals surface area contributed by atoms with E-state index >= 15 is 0 Å². The SMILES string of the molecule is Cc1ccc2[nH]c(=O)cc(CCO)c2c1. The van der Waals surface area contributed by atoms with Crippen molar-refractivity contribution in [1.29, 1.82) is 0 Å². The molecule has 2 N–H and O–H groups in total. The number of rotatable bonds is 2. The first-order valence-electron chi connectivity index (χ1n) is 4.94. The van der Waals surface area contributed by atoms with E-state index in [1.807, 2.05) is 25.1 Å². The van der Waals surface area contributed by atoms with Gasteiger partial charge < -0.3 is 10.1 Å². The van der Waals surface area contributed by atoms with E-state index in [9.17, 15) is 4.79 Å². The van der Waals surface area contributed by atoms with Crippen molar-refractivity contribution in [2.75, 3.05) is 6.61 Å². The van der Waals surface area contributed by atoms with Crippen molar-refractivity contribution in [3.05, 3.63) is 45.7 Å². The van der Waals surface area contributed by atoms with E-state index in [-0.39, 0.29) is 12.2 Å². The van der Waals surface area contributed by atoms with E-state index in [4.69, 9.17) is 5.11 Å². The molecule has 0 fully saturated rings. The van der Waals surface area contributed by atoms with Crippen LogP contribution >= 0.6 is 0 Å². The normalized spacial score (nSPS) is 10.8. The second-order valence-corrected chi connectivity index (χ2v) is 3.68. The molecule has 0 amide bonds. The summed E-state index contributed by atoms with van der Waals surface area (Å²) in [7, 11) is 0. The van der Waals surface area contributed by atoms with Crippen LogP contribution in [0.1, 0.15) is 11.1 Å². The van der Waals surface area contributed by atoms with Crippen molar-refractivity contribution in [3.8, 4) is 0 Å². The summed E-state index contributed by atoms with van der Waals surface area (Å²) in [6.07, 6.45) is 0.518. The predicted molar refractivity (Wildman–Crippen MR) is 60.1 cm³/mol. The quantitative estimate of drug-likeness (QED) is 0.774. The Morgan fingerprint density at radius 3 is 2.87 bits per heavy atom. The molecule has 2 rings (SSSR count). The minimum absolute atomic E-state index is 0.0620. The zero-order chi connectivity index (χ0) is 10.8. The van der Waals surface area contributed by atoms with E-state index in [1.165, 1.54) is 0 Å². The molecule has 2 aromatic rings. The van der Waals surface area contributed by atoms with Gasteiger partial charge in [0.1, 0.15) is 0 Å². The van der Waals surface area contributed by atoms with Crippen LogP contribution in [-0.4, -0.2) is 16.7 Å². The van der Waals surface area contributed by atoms with Crippen LogP contribution in [0.15, 0.2) is 29.1 Å². The Kier molecular flexibility index (Phi) is 2.56. The molecule has 0 aliphatic rings. The van der Waals surface area contributed by atoms with Gasteiger partial charge in [-0.3, -0.25) is 4.79 Å². The second kappa shape index (κ2) is 3.87.